The number of carbonyl (C=O) groups is 2. The molecule has 3 amide bonds. The minimum Gasteiger partial charge on any atom is -0.493 e. The molecule has 1 aliphatic rings. The Bertz CT molecular complexity index is 1150. The number of amides is 3. The van der Waals surface area contributed by atoms with Crippen LogP contribution in [-0.4, -0.2) is 47.8 Å². The number of hydrogen-bond donors (Lipinski definition) is 2. The van der Waals surface area contributed by atoms with Gasteiger partial charge in [-0.25, -0.2) is 4.79 Å². The number of nitrogens with one attached hydrogen (secondary N) is 2. The van der Waals surface area contributed by atoms with E-state index in [1.165, 1.54) is 11.3 Å². The predicted octanol–water partition coefficient (Wildman–Crippen LogP) is 4.49. The van der Waals surface area contributed by atoms with Gasteiger partial charge in [-0.3, -0.25) is 4.79 Å². The van der Waals surface area contributed by atoms with Gasteiger partial charge >= 0.3 is 6.03 Å². The minimum atomic E-state index is -0.318. The molecule has 9 nitrogen and oxygen atoms in total. The highest BCUT2D eigenvalue weighted by Gasteiger charge is 2.33. The van der Waals surface area contributed by atoms with Crippen molar-refractivity contribution in [3.8, 4) is 11.5 Å². The number of methoxy groups -OCH3 is 2. The monoisotopic (exact) mass is 467 g/mol. The molecule has 1 aromatic heterocycles. The first kappa shape index (κ1) is 22.5. The van der Waals surface area contributed by atoms with Crippen molar-refractivity contribution in [1.29, 1.82) is 0 Å². The van der Waals surface area contributed by atoms with E-state index < -0.39 is 0 Å². The second-order valence-corrected chi connectivity index (χ2v) is 8.63. The number of benzene rings is 2. The first-order valence-electron chi connectivity index (χ1n) is 10.5. The molecule has 1 atom stereocenters. The third kappa shape index (κ3) is 5.06. The van der Waals surface area contributed by atoms with Gasteiger partial charge in [0.1, 0.15) is 5.01 Å². The van der Waals surface area contributed by atoms with Crippen LogP contribution in [0.2, 0.25) is 0 Å². The zero-order chi connectivity index (χ0) is 23.4. The van der Waals surface area contributed by atoms with Gasteiger partial charge in [0, 0.05) is 24.0 Å². The van der Waals surface area contributed by atoms with Crippen molar-refractivity contribution in [2.45, 2.75) is 25.8 Å². The summed E-state index contributed by atoms with van der Waals surface area (Å²) >= 11 is 1.21. The molecule has 0 spiro atoms. The minimum absolute atomic E-state index is 0.233. The standard InChI is InChI=1S/C23H25N5O4S/c1-14-6-8-15(9-7-14)24-20(29)22-27-26-21(33-22)17-5-4-12-28(17)23(30)25-16-10-11-18(31-2)19(13-16)32-3/h6-11,13,17H,4-5,12H2,1-3H3,(H,24,29)(H,25,30). The van der Waals surface area contributed by atoms with Crippen molar-refractivity contribution in [2.75, 3.05) is 31.4 Å². The van der Waals surface area contributed by atoms with Crippen LogP contribution in [0, 0.1) is 6.92 Å². The molecule has 3 aromatic rings. The fourth-order valence-electron chi connectivity index (χ4n) is 3.66. The van der Waals surface area contributed by atoms with Crippen molar-refractivity contribution >= 4 is 34.6 Å². The second-order valence-electron chi connectivity index (χ2n) is 7.62. The zero-order valence-corrected chi connectivity index (χ0v) is 19.4. The summed E-state index contributed by atoms with van der Waals surface area (Å²) in [5.41, 5.74) is 2.40. The van der Waals surface area contributed by atoms with Gasteiger partial charge in [0.15, 0.2) is 11.5 Å². The van der Waals surface area contributed by atoms with E-state index in [0.717, 1.165) is 18.4 Å². The number of urea groups is 1. The second kappa shape index (κ2) is 9.86. The SMILES string of the molecule is COc1ccc(NC(=O)N2CCCC2c2nnc(C(=O)Nc3ccc(C)cc3)s2)cc1OC. The first-order valence-corrected chi connectivity index (χ1v) is 11.3. The van der Waals surface area contributed by atoms with E-state index in [-0.39, 0.29) is 23.0 Å². The summed E-state index contributed by atoms with van der Waals surface area (Å²) in [7, 11) is 3.10. The quantitative estimate of drug-likeness (QED) is 0.554. The zero-order valence-electron chi connectivity index (χ0n) is 18.6. The lowest BCUT2D eigenvalue weighted by molar-refractivity contribution is 0.102. The number of rotatable bonds is 6. The average Bonchev–Trinajstić information content (AvgIpc) is 3.50. The Labute approximate surface area is 195 Å². The van der Waals surface area contributed by atoms with Crippen molar-refractivity contribution in [1.82, 2.24) is 15.1 Å². The molecule has 2 N–H and O–H groups in total. The number of anilines is 2. The number of aryl methyl sites for hydroxylation is 1. The summed E-state index contributed by atoms with van der Waals surface area (Å²) < 4.78 is 10.5. The van der Waals surface area contributed by atoms with E-state index in [1.54, 1.807) is 37.3 Å². The van der Waals surface area contributed by atoms with Crippen LogP contribution >= 0.6 is 11.3 Å². The van der Waals surface area contributed by atoms with Gasteiger partial charge in [-0.15, -0.1) is 10.2 Å². The molecule has 2 heterocycles. The lowest BCUT2D eigenvalue weighted by Gasteiger charge is -2.23. The Morgan fingerprint density at radius 2 is 1.73 bits per heavy atom. The van der Waals surface area contributed by atoms with Gasteiger partial charge in [-0.05, 0) is 44.0 Å². The van der Waals surface area contributed by atoms with Gasteiger partial charge in [-0.2, -0.15) is 0 Å². The molecule has 0 aliphatic carbocycles. The Hall–Kier alpha value is -3.66. The summed E-state index contributed by atoms with van der Waals surface area (Å²) in [6.07, 6.45) is 1.60. The molecule has 0 saturated carbocycles. The van der Waals surface area contributed by atoms with Crippen LogP contribution in [0.25, 0.3) is 0 Å². The number of aromatic nitrogens is 2. The number of carbonyl (C=O) groups excluding carboxylic acids is 2. The number of hydrogen-bond acceptors (Lipinski definition) is 7. The normalized spacial score (nSPS) is 15.2. The number of likely N-dealkylation sites (tertiary alicyclic amines) is 1. The van der Waals surface area contributed by atoms with Crippen molar-refractivity contribution in [2.24, 2.45) is 0 Å². The molecule has 1 fully saturated rings. The Morgan fingerprint density at radius 3 is 2.45 bits per heavy atom. The van der Waals surface area contributed by atoms with Crippen molar-refractivity contribution < 1.29 is 19.1 Å². The van der Waals surface area contributed by atoms with Crippen LogP contribution in [0.15, 0.2) is 42.5 Å². The van der Waals surface area contributed by atoms with E-state index in [2.05, 4.69) is 20.8 Å². The van der Waals surface area contributed by atoms with E-state index in [0.29, 0.717) is 34.4 Å². The number of nitrogens with zero attached hydrogens (tertiary/aromatic N) is 3. The lowest BCUT2D eigenvalue weighted by atomic mass is 10.2. The maximum atomic E-state index is 13.0. The van der Waals surface area contributed by atoms with E-state index in [9.17, 15) is 9.59 Å². The average molecular weight is 468 g/mol. The molecule has 4 rings (SSSR count). The molecule has 0 bridgehead atoms. The van der Waals surface area contributed by atoms with E-state index >= 15 is 0 Å². The summed E-state index contributed by atoms with van der Waals surface area (Å²) in [4.78, 5) is 27.3. The fourth-order valence-corrected chi connectivity index (χ4v) is 4.54. The lowest BCUT2D eigenvalue weighted by Crippen LogP contribution is -2.34. The Kier molecular flexibility index (Phi) is 6.74. The highest BCUT2D eigenvalue weighted by atomic mass is 32.1. The van der Waals surface area contributed by atoms with Gasteiger partial charge in [0.2, 0.25) is 5.01 Å². The molecule has 0 radical (unpaired) electrons. The molecule has 2 aromatic carbocycles. The first-order chi connectivity index (χ1) is 16.0. The van der Waals surface area contributed by atoms with Crippen LogP contribution < -0.4 is 20.1 Å². The molecule has 172 valence electrons. The van der Waals surface area contributed by atoms with Crippen LogP contribution in [0.4, 0.5) is 16.2 Å². The maximum absolute atomic E-state index is 13.0. The molecule has 1 saturated heterocycles. The van der Waals surface area contributed by atoms with Crippen molar-refractivity contribution in [3.05, 3.63) is 58.0 Å². The highest BCUT2D eigenvalue weighted by Crippen LogP contribution is 2.35. The highest BCUT2D eigenvalue weighted by molar-refractivity contribution is 7.13. The van der Waals surface area contributed by atoms with Crippen molar-refractivity contribution in [3.63, 3.8) is 0 Å². The summed E-state index contributed by atoms with van der Waals surface area (Å²) in [5, 5.41) is 14.9. The van der Waals surface area contributed by atoms with Gasteiger partial charge in [0.25, 0.3) is 5.91 Å². The van der Waals surface area contributed by atoms with Gasteiger partial charge < -0.3 is 25.0 Å². The smallest absolute Gasteiger partial charge is 0.322 e. The predicted molar refractivity (Wildman–Crippen MR) is 126 cm³/mol. The van der Waals surface area contributed by atoms with E-state index in [4.69, 9.17) is 9.47 Å². The molecular weight excluding hydrogens is 442 g/mol. The molecular formula is C23H25N5O4S. The molecule has 1 unspecified atom stereocenters. The Morgan fingerprint density at radius 1 is 1.00 bits per heavy atom. The molecule has 10 heteroatoms. The molecule has 1 aliphatic heterocycles. The third-order valence-corrected chi connectivity index (χ3v) is 6.40. The summed E-state index contributed by atoms with van der Waals surface area (Å²) in [6, 6.07) is 12.2. The maximum Gasteiger partial charge on any atom is 0.322 e. The largest absolute Gasteiger partial charge is 0.493 e. The van der Waals surface area contributed by atoms with Gasteiger partial charge in [-0.1, -0.05) is 29.0 Å². The van der Waals surface area contributed by atoms with E-state index in [1.807, 2.05) is 31.2 Å². The van der Waals surface area contributed by atoms with Crippen LogP contribution in [-0.2, 0) is 0 Å². The summed E-state index contributed by atoms with van der Waals surface area (Å²) in [5.74, 6) is 0.795. The number of ether oxygens (including phenoxy) is 2. The Balaban J connectivity index is 1.44. The molecule has 33 heavy (non-hydrogen) atoms. The topological polar surface area (TPSA) is 106 Å². The van der Waals surface area contributed by atoms with Gasteiger partial charge in [0.05, 0.1) is 20.3 Å². The third-order valence-electron chi connectivity index (χ3n) is 5.38. The van der Waals surface area contributed by atoms with Crippen LogP contribution in [0.5, 0.6) is 11.5 Å². The van der Waals surface area contributed by atoms with Crippen LogP contribution in [0.1, 0.15) is 39.3 Å². The fraction of sp³-hybridized carbons (Fsp3) is 0.304. The summed E-state index contributed by atoms with van der Waals surface area (Å²) in [6.45, 7) is 2.57. The van der Waals surface area contributed by atoms with Crippen LogP contribution in [0.3, 0.4) is 0 Å².